The Morgan fingerprint density at radius 3 is 2.55 bits per heavy atom. The molecule has 7 nitrogen and oxygen atoms in total. The Balaban J connectivity index is 1.22. The van der Waals surface area contributed by atoms with E-state index in [9.17, 15) is 9.59 Å². The zero-order valence-corrected chi connectivity index (χ0v) is 17.9. The molecule has 1 atom stereocenters. The summed E-state index contributed by atoms with van der Waals surface area (Å²) in [6.45, 7) is 4.62. The van der Waals surface area contributed by atoms with Gasteiger partial charge in [0.05, 0.1) is 16.6 Å². The van der Waals surface area contributed by atoms with Crippen LogP contribution in [-0.2, 0) is 0 Å². The van der Waals surface area contributed by atoms with E-state index in [-0.39, 0.29) is 17.6 Å². The molecule has 1 N–H and O–H groups in total. The van der Waals surface area contributed by atoms with Crippen molar-refractivity contribution in [2.24, 2.45) is 0 Å². The van der Waals surface area contributed by atoms with Crippen LogP contribution in [0.4, 0.5) is 0 Å². The summed E-state index contributed by atoms with van der Waals surface area (Å²) in [4.78, 5) is 36.9. The molecule has 5 rings (SSSR count). The van der Waals surface area contributed by atoms with Crippen molar-refractivity contribution in [3.63, 3.8) is 0 Å². The zero-order valence-electron chi connectivity index (χ0n) is 17.9. The van der Waals surface area contributed by atoms with Crippen molar-refractivity contribution < 1.29 is 4.79 Å². The number of H-pyrrole nitrogens is 1. The Morgan fingerprint density at radius 2 is 1.81 bits per heavy atom. The number of aromatic nitrogens is 3. The fourth-order valence-electron chi connectivity index (χ4n) is 5.46. The molecule has 1 aliphatic heterocycles. The molecule has 3 heterocycles. The minimum atomic E-state index is 0.000506. The third-order valence-electron chi connectivity index (χ3n) is 7.00. The molecule has 2 aromatic heterocycles. The summed E-state index contributed by atoms with van der Waals surface area (Å²) in [6, 6.07) is 12.7. The van der Waals surface area contributed by atoms with Gasteiger partial charge in [-0.1, -0.05) is 12.1 Å². The van der Waals surface area contributed by atoms with Gasteiger partial charge in [0, 0.05) is 50.2 Å². The van der Waals surface area contributed by atoms with E-state index in [4.69, 9.17) is 0 Å². The third-order valence-corrected chi connectivity index (χ3v) is 7.00. The number of imidazole rings is 1. The molecule has 2 aliphatic rings. The summed E-state index contributed by atoms with van der Waals surface area (Å²) in [7, 11) is 0. The first-order valence-corrected chi connectivity index (χ1v) is 11.3. The summed E-state index contributed by atoms with van der Waals surface area (Å²) in [5, 5.41) is 0. The van der Waals surface area contributed by atoms with Crippen molar-refractivity contribution in [2.45, 2.75) is 50.7 Å². The van der Waals surface area contributed by atoms with E-state index < -0.39 is 0 Å². The number of aromatic amines is 1. The molecule has 3 aromatic rings. The summed E-state index contributed by atoms with van der Waals surface area (Å²) >= 11 is 0. The molecule has 162 valence electrons. The van der Waals surface area contributed by atoms with Crippen molar-refractivity contribution in [2.75, 3.05) is 19.6 Å². The Kier molecular flexibility index (Phi) is 5.36. The van der Waals surface area contributed by atoms with E-state index in [2.05, 4.69) is 21.8 Å². The number of hydrogen-bond donors (Lipinski definition) is 1. The predicted octanol–water partition coefficient (Wildman–Crippen LogP) is 3.05. The van der Waals surface area contributed by atoms with Crippen molar-refractivity contribution in [3.05, 3.63) is 64.8 Å². The highest BCUT2D eigenvalue weighted by Gasteiger charge is 2.34. The van der Waals surface area contributed by atoms with Crippen LogP contribution in [0.5, 0.6) is 0 Å². The average Bonchev–Trinajstić information content (AvgIpc) is 3.15. The molecular formula is C24H29N5O2. The fraction of sp³-hybridized carbons (Fsp3) is 0.458. The Morgan fingerprint density at radius 1 is 1.03 bits per heavy atom. The first kappa shape index (κ1) is 20.0. The molecule has 0 bridgehead atoms. The number of piperazine rings is 1. The number of pyridine rings is 1. The Bertz CT molecular complexity index is 1110. The smallest absolute Gasteiger partial charge is 0.326 e. The van der Waals surface area contributed by atoms with Gasteiger partial charge in [-0.05, 0) is 56.9 Å². The van der Waals surface area contributed by atoms with Crippen molar-refractivity contribution >= 4 is 16.9 Å². The molecular weight excluding hydrogens is 390 g/mol. The van der Waals surface area contributed by atoms with Crippen LogP contribution in [0.15, 0.2) is 53.6 Å². The molecule has 7 heteroatoms. The van der Waals surface area contributed by atoms with Gasteiger partial charge in [0.2, 0.25) is 0 Å². The molecule has 1 saturated heterocycles. The fourth-order valence-corrected chi connectivity index (χ4v) is 5.46. The SMILES string of the molecule is CC1CN(C(=O)c2cccnc2)CCN1[C@H]1CC[C@H](n2c(=O)[nH]c3ccccc32)CC1. The molecule has 31 heavy (non-hydrogen) atoms. The van der Waals surface area contributed by atoms with E-state index in [1.807, 2.05) is 45.9 Å². The van der Waals surface area contributed by atoms with E-state index in [1.165, 1.54) is 0 Å². The molecule has 0 spiro atoms. The quantitative estimate of drug-likeness (QED) is 0.708. The summed E-state index contributed by atoms with van der Waals surface area (Å²) < 4.78 is 1.96. The van der Waals surface area contributed by atoms with Gasteiger partial charge in [0.25, 0.3) is 5.91 Å². The number of benzene rings is 1. The maximum atomic E-state index is 12.8. The molecule has 2 fully saturated rings. The highest BCUT2D eigenvalue weighted by molar-refractivity contribution is 5.94. The van der Waals surface area contributed by atoms with Gasteiger partial charge in [-0.2, -0.15) is 0 Å². The van der Waals surface area contributed by atoms with E-state index >= 15 is 0 Å². The second-order valence-electron chi connectivity index (χ2n) is 8.86. The van der Waals surface area contributed by atoms with Crippen LogP contribution in [0.3, 0.4) is 0 Å². The van der Waals surface area contributed by atoms with Crippen LogP contribution in [0.25, 0.3) is 11.0 Å². The van der Waals surface area contributed by atoms with Crippen LogP contribution in [0.2, 0.25) is 0 Å². The van der Waals surface area contributed by atoms with Gasteiger partial charge in [-0.3, -0.25) is 19.2 Å². The summed E-state index contributed by atoms with van der Waals surface area (Å²) in [6.07, 6.45) is 7.52. The summed E-state index contributed by atoms with van der Waals surface area (Å²) in [5.41, 5.74) is 2.58. The number of carbonyl (C=O) groups excluding carboxylic acids is 1. The maximum absolute atomic E-state index is 12.8. The number of amides is 1. The first-order chi connectivity index (χ1) is 15.1. The van der Waals surface area contributed by atoms with E-state index in [0.717, 1.165) is 56.4 Å². The number of carbonyl (C=O) groups is 1. The van der Waals surface area contributed by atoms with Gasteiger partial charge in [-0.15, -0.1) is 0 Å². The predicted molar refractivity (Wildman–Crippen MR) is 120 cm³/mol. The number of rotatable bonds is 3. The maximum Gasteiger partial charge on any atom is 0.326 e. The lowest BCUT2D eigenvalue weighted by Crippen LogP contribution is -2.57. The minimum Gasteiger partial charge on any atom is -0.336 e. The van der Waals surface area contributed by atoms with Crippen LogP contribution < -0.4 is 5.69 Å². The molecule has 1 aromatic carbocycles. The monoisotopic (exact) mass is 419 g/mol. The van der Waals surface area contributed by atoms with Crippen molar-refractivity contribution in [1.29, 1.82) is 0 Å². The lowest BCUT2D eigenvalue weighted by Gasteiger charge is -2.46. The summed E-state index contributed by atoms with van der Waals surface area (Å²) in [5.74, 6) is 0.0713. The average molecular weight is 420 g/mol. The van der Waals surface area contributed by atoms with Gasteiger partial charge < -0.3 is 9.88 Å². The molecule has 1 amide bonds. The zero-order chi connectivity index (χ0) is 21.4. The van der Waals surface area contributed by atoms with Crippen LogP contribution in [0.1, 0.15) is 49.0 Å². The van der Waals surface area contributed by atoms with Crippen LogP contribution in [-0.4, -0.2) is 62.0 Å². The highest BCUT2D eigenvalue weighted by atomic mass is 16.2. The first-order valence-electron chi connectivity index (χ1n) is 11.3. The normalized spacial score (nSPS) is 25.1. The largest absolute Gasteiger partial charge is 0.336 e. The topological polar surface area (TPSA) is 74.2 Å². The molecule has 0 radical (unpaired) electrons. The van der Waals surface area contributed by atoms with Gasteiger partial charge in [0.15, 0.2) is 0 Å². The molecule has 1 aliphatic carbocycles. The van der Waals surface area contributed by atoms with Gasteiger partial charge in [-0.25, -0.2) is 4.79 Å². The number of fused-ring (bicyclic) bond motifs is 1. The van der Waals surface area contributed by atoms with Gasteiger partial charge in [0.1, 0.15) is 0 Å². The second kappa shape index (κ2) is 8.30. The molecule has 1 saturated carbocycles. The van der Waals surface area contributed by atoms with Crippen LogP contribution >= 0.6 is 0 Å². The standard InChI is InChI=1S/C24H29N5O2/c1-17-16-27(23(30)18-5-4-12-25-15-18)13-14-28(17)19-8-10-20(11-9-19)29-22-7-3-2-6-21(22)26-24(29)31/h2-7,12,15,17,19-20H,8-11,13-14,16H2,1H3,(H,26,31)/t17?,19-,20-. The highest BCUT2D eigenvalue weighted by Crippen LogP contribution is 2.33. The van der Waals surface area contributed by atoms with E-state index in [1.54, 1.807) is 12.4 Å². The lowest BCUT2D eigenvalue weighted by atomic mass is 9.88. The Hall–Kier alpha value is -2.93. The second-order valence-corrected chi connectivity index (χ2v) is 8.86. The number of nitrogens with one attached hydrogen (secondary N) is 1. The minimum absolute atomic E-state index is 0.000506. The Labute approximate surface area is 181 Å². The van der Waals surface area contributed by atoms with Crippen molar-refractivity contribution in [3.8, 4) is 0 Å². The van der Waals surface area contributed by atoms with Gasteiger partial charge >= 0.3 is 5.69 Å². The van der Waals surface area contributed by atoms with E-state index in [0.29, 0.717) is 17.6 Å². The number of nitrogens with zero attached hydrogens (tertiary/aromatic N) is 4. The molecule has 1 unspecified atom stereocenters. The number of hydrogen-bond acceptors (Lipinski definition) is 4. The third kappa shape index (κ3) is 3.78. The number of para-hydroxylation sites is 2. The van der Waals surface area contributed by atoms with Crippen LogP contribution in [0, 0.1) is 0 Å². The lowest BCUT2D eigenvalue weighted by molar-refractivity contribution is 0.0259. The van der Waals surface area contributed by atoms with Crippen molar-refractivity contribution in [1.82, 2.24) is 24.3 Å².